The number of nitrogens with one attached hydrogen (secondary N) is 1. The van der Waals surface area contributed by atoms with E-state index in [4.69, 9.17) is 5.73 Å². The molecule has 1 aromatic rings. The Bertz CT molecular complexity index is 324. The highest BCUT2D eigenvalue weighted by molar-refractivity contribution is 5.80. The van der Waals surface area contributed by atoms with Crippen LogP contribution in [0.25, 0.3) is 0 Å². The zero-order chi connectivity index (χ0) is 10.6. The quantitative estimate of drug-likeness (QED) is 0.650. The minimum Gasteiger partial charge on any atom is -0.508 e. The second kappa shape index (κ2) is 4.62. The van der Waals surface area contributed by atoms with E-state index in [1.54, 1.807) is 31.2 Å². The van der Waals surface area contributed by atoms with Crippen molar-refractivity contribution in [3.8, 4) is 5.75 Å². The average Bonchev–Trinajstić information content (AvgIpc) is 2.16. The largest absolute Gasteiger partial charge is 0.508 e. The van der Waals surface area contributed by atoms with Gasteiger partial charge in [0.05, 0.1) is 6.04 Å². The van der Waals surface area contributed by atoms with Crippen molar-refractivity contribution in [2.75, 3.05) is 0 Å². The summed E-state index contributed by atoms with van der Waals surface area (Å²) >= 11 is 0. The smallest absolute Gasteiger partial charge is 0.236 e. The van der Waals surface area contributed by atoms with E-state index in [-0.39, 0.29) is 11.7 Å². The molecule has 76 valence electrons. The van der Waals surface area contributed by atoms with Crippen LogP contribution in [-0.2, 0) is 11.3 Å². The Morgan fingerprint density at radius 2 is 2.21 bits per heavy atom. The van der Waals surface area contributed by atoms with Gasteiger partial charge in [-0.05, 0) is 13.0 Å². The Hall–Kier alpha value is -1.55. The molecule has 4 nitrogen and oxygen atoms in total. The van der Waals surface area contributed by atoms with Crippen LogP contribution in [0.3, 0.4) is 0 Å². The fraction of sp³-hybridized carbons (Fsp3) is 0.300. The molecule has 1 aromatic carbocycles. The molecule has 0 aliphatic carbocycles. The van der Waals surface area contributed by atoms with E-state index in [2.05, 4.69) is 5.32 Å². The molecule has 1 amide bonds. The molecule has 0 bridgehead atoms. The van der Waals surface area contributed by atoms with Gasteiger partial charge in [0.15, 0.2) is 0 Å². The minimum absolute atomic E-state index is 0.178. The van der Waals surface area contributed by atoms with Crippen LogP contribution in [0.5, 0.6) is 5.75 Å². The lowest BCUT2D eigenvalue weighted by atomic mass is 10.2. The molecule has 14 heavy (non-hydrogen) atoms. The molecular formula is C10H14N2O2. The first kappa shape index (κ1) is 10.5. The predicted octanol–water partition coefficient (Wildman–Crippen LogP) is 0.356. The van der Waals surface area contributed by atoms with Crippen molar-refractivity contribution >= 4 is 5.91 Å². The standard InChI is InChI=1S/C10H14N2O2/c1-7(11)10(14)12-6-8-4-2-3-5-9(8)13/h2-5,7,13H,6,11H2,1H3,(H,12,14). The highest BCUT2D eigenvalue weighted by atomic mass is 16.3. The van der Waals surface area contributed by atoms with Crippen LogP contribution in [0.1, 0.15) is 12.5 Å². The van der Waals surface area contributed by atoms with Crippen molar-refractivity contribution in [3.63, 3.8) is 0 Å². The Kier molecular flexibility index (Phi) is 3.48. The number of hydrogen-bond acceptors (Lipinski definition) is 3. The van der Waals surface area contributed by atoms with E-state index in [0.29, 0.717) is 12.1 Å². The summed E-state index contributed by atoms with van der Waals surface area (Å²) in [5.74, 6) is -0.0503. The van der Waals surface area contributed by atoms with Gasteiger partial charge in [0.1, 0.15) is 5.75 Å². The summed E-state index contributed by atoms with van der Waals surface area (Å²) in [6.07, 6.45) is 0. The van der Waals surface area contributed by atoms with Crippen LogP contribution >= 0.6 is 0 Å². The van der Waals surface area contributed by atoms with E-state index >= 15 is 0 Å². The number of rotatable bonds is 3. The first-order valence-electron chi connectivity index (χ1n) is 4.41. The van der Waals surface area contributed by atoms with E-state index in [0.717, 1.165) is 0 Å². The third-order valence-electron chi connectivity index (χ3n) is 1.86. The summed E-state index contributed by atoms with van der Waals surface area (Å²) in [5, 5.41) is 12.0. The minimum atomic E-state index is -0.527. The van der Waals surface area contributed by atoms with Gasteiger partial charge < -0.3 is 16.2 Å². The molecule has 0 radical (unpaired) electrons. The lowest BCUT2D eigenvalue weighted by Crippen LogP contribution is -2.37. The number of carbonyl (C=O) groups is 1. The van der Waals surface area contributed by atoms with Gasteiger partial charge in [0.25, 0.3) is 0 Å². The van der Waals surface area contributed by atoms with Gasteiger partial charge in [0, 0.05) is 12.1 Å². The highest BCUT2D eigenvalue weighted by Crippen LogP contribution is 2.14. The number of benzene rings is 1. The molecule has 1 unspecified atom stereocenters. The molecule has 4 heteroatoms. The maximum Gasteiger partial charge on any atom is 0.236 e. The molecule has 0 heterocycles. The molecule has 4 N–H and O–H groups in total. The Balaban J connectivity index is 2.54. The predicted molar refractivity (Wildman–Crippen MR) is 53.6 cm³/mol. The Morgan fingerprint density at radius 3 is 2.79 bits per heavy atom. The van der Waals surface area contributed by atoms with Crippen LogP contribution in [0, 0.1) is 0 Å². The van der Waals surface area contributed by atoms with Crippen LogP contribution in [0.15, 0.2) is 24.3 Å². The molecule has 1 rings (SSSR count). The third-order valence-corrected chi connectivity index (χ3v) is 1.86. The van der Waals surface area contributed by atoms with Crippen LogP contribution in [-0.4, -0.2) is 17.1 Å². The SMILES string of the molecule is CC(N)C(=O)NCc1ccccc1O. The topological polar surface area (TPSA) is 75.4 Å². The molecule has 0 saturated carbocycles. The maximum absolute atomic E-state index is 11.1. The number of phenols is 1. The van der Waals surface area contributed by atoms with Crippen molar-refractivity contribution in [1.82, 2.24) is 5.32 Å². The summed E-state index contributed by atoms with van der Waals surface area (Å²) < 4.78 is 0. The first-order chi connectivity index (χ1) is 6.61. The van der Waals surface area contributed by atoms with E-state index in [1.807, 2.05) is 0 Å². The number of phenolic OH excluding ortho intramolecular Hbond substituents is 1. The maximum atomic E-state index is 11.1. The molecule has 0 aliphatic heterocycles. The summed E-state index contributed by atoms with van der Waals surface area (Å²) in [4.78, 5) is 11.1. The number of carbonyl (C=O) groups excluding carboxylic acids is 1. The number of aromatic hydroxyl groups is 1. The van der Waals surface area contributed by atoms with Crippen molar-refractivity contribution in [1.29, 1.82) is 0 Å². The number of amides is 1. The van der Waals surface area contributed by atoms with Gasteiger partial charge in [-0.25, -0.2) is 0 Å². The first-order valence-corrected chi connectivity index (χ1v) is 4.41. The Labute approximate surface area is 82.7 Å². The van der Waals surface area contributed by atoms with Gasteiger partial charge in [-0.2, -0.15) is 0 Å². The van der Waals surface area contributed by atoms with Crippen molar-refractivity contribution in [2.45, 2.75) is 19.5 Å². The fourth-order valence-electron chi connectivity index (χ4n) is 1.00. The van der Waals surface area contributed by atoms with Gasteiger partial charge in [-0.15, -0.1) is 0 Å². The van der Waals surface area contributed by atoms with Gasteiger partial charge in [-0.1, -0.05) is 18.2 Å². The monoisotopic (exact) mass is 194 g/mol. The average molecular weight is 194 g/mol. The molecular weight excluding hydrogens is 180 g/mol. The second-order valence-electron chi connectivity index (χ2n) is 3.14. The summed E-state index contributed by atoms with van der Waals surface area (Å²) in [7, 11) is 0. The van der Waals surface area contributed by atoms with Gasteiger partial charge >= 0.3 is 0 Å². The lowest BCUT2D eigenvalue weighted by molar-refractivity contribution is -0.122. The fourth-order valence-corrected chi connectivity index (χ4v) is 1.00. The molecule has 0 spiro atoms. The summed E-state index contributed by atoms with van der Waals surface area (Å²) in [6.45, 7) is 1.91. The lowest BCUT2D eigenvalue weighted by Gasteiger charge is -2.08. The van der Waals surface area contributed by atoms with Crippen LogP contribution in [0.2, 0.25) is 0 Å². The van der Waals surface area contributed by atoms with Crippen LogP contribution < -0.4 is 11.1 Å². The molecule has 0 aliphatic rings. The van der Waals surface area contributed by atoms with Crippen molar-refractivity contribution in [3.05, 3.63) is 29.8 Å². The summed E-state index contributed by atoms with van der Waals surface area (Å²) in [6, 6.07) is 6.32. The van der Waals surface area contributed by atoms with E-state index in [1.165, 1.54) is 0 Å². The normalized spacial score (nSPS) is 12.1. The number of para-hydroxylation sites is 1. The third kappa shape index (κ3) is 2.74. The highest BCUT2D eigenvalue weighted by Gasteiger charge is 2.07. The van der Waals surface area contributed by atoms with Gasteiger partial charge in [-0.3, -0.25) is 4.79 Å². The van der Waals surface area contributed by atoms with Gasteiger partial charge in [0.2, 0.25) is 5.91 Å². The zero-order valence-electron chi connectivity index (χ0n) is 8.03. The second-order valence-corrected chi connectivity index (χ2v) is 3.14. The van der Waals surface area contributed by atoms with Crippen molar-refractivity contribution in [2.24, 2.45) is 5.73 Å². The van der Waals surface area contributed by atoms with E-state index in [9.17, 15) is 9.90 Å². The molecule has 1 atom stereocenters. The molecule has 0 aromatic heterocycles. The molecule has 0 saturated heterocycles. The van der Waals surface area contributed by atoms with Crippen molar-refractivity contribution < 1.29 is 9.90 Å². The van der Waals surface area contributed by atoms with Crippen LogP contribution in [0.4, 0.5) is 0 Å². The number of hydrogen-bond donors (Lipinski definition) is 3. The number of nitrogens with two attached hydrogens (primary N) is 1. The van der Waals surface area contributed by atoms with E-state index < -0.39 is 6.04 Å². The Morgan fingerprint density at radius 1 is 1.57 bits per heavy atom. The summed E-state index contributed by atoms with van der Waals surface area (Å²) in [5.41, 5.74) is 6.05. The molecule has 0 fully saturated rings. The zero-order valence-corrected chi connectivity index (χ0v) is 8.03.